The lowest BCUT2D eigenvalue weighted by Gasteiger charge is -2.35. The van der Waals surface area contributed by atoms with E-state index in [4.69, 9.17) is 26.1 Å². The fourth-order valence-corrected chi connectivity index (χ4v) is 8.28. The van der Waals surface area contributed by atoms with Crippen molar-refractivity contribution in [2.45, 2.75) is 62.8 Å². The van der Waals surface area contributed by atoms with Crippen LogP contribution in [-0.4, -0.2) is 88.1 Å². The van der Waals surface area contributed by atoms with Crippen molar-refractivity contribution in [2.75, 3.05) is 44.3 Å². The van der Waals surface area contributed by atoms with Crippen LogP contribution in [0.5, 0.6) is 17.6 Å². The van der Waals surface area contributed by atoms with Crippen LogP contribution < -0.4 is 19.7 Å². The fraction of sp³-hybridized carbons (Fsp3) is 0.485. The summed E-state index contributed by atoms with van der Waals surface area (Å²) in [5.74, 6) is -1.13. The van der Waals surface area contributed by atoms with Crippen LogP contribution in [-0.2, 0) is 0 Å². The van der Waals surface area contributed by atoms with Gasteiger partial charge in [-0.1, -0.05) is 17.7 Å². The molecular weight excluding hydrogens is 621 g/mol. The maximum absolute atomic E-state index is 17.0. The van der Waals surface area contributed by atoms with Crippen LogP contribution in [0.2, 0.25) is 5.02 Å². The van der Waals surface area contributed by atoms with Gasteiger partial charge in [0.05, 0.1) is 17.2 Å². The Balaban J connectivity index is 1.32. The highest BCUT2D eigenvalue weighted by Crippen LogP contribution is 2.44. The summed E-state index contributed by atoms with van der Waals surface area (Å²) in [5, 5.41) is 14.9. The molecule has 2 bridgehead atoms. The van der Waals surface area contributed by atoms with Crippen LogP contribution in [0, 0.1) is 11.6 Å². The molecular formula is C33H34ClF3N6O3. The predicted octanol–water partition coefficient (Wildman–Crippen LogP) is 5.78. The number of hydrogen-bond donors (Lipinski definition) is 2. The van der Waals surface area contributed by atoms with Gasteiger partial charge in [0.2, 0.25) is 5.88 Å². The molecule has 4 saturated heterocycles. The molecule has 4 aromatic rings. The average molecular weight is 655 g/mol. The van der Waals surface area contributed by atoms with Crippen molar-refractivity contribution in [1.82, 2.24) is 25.2 Å². The summed E-state index contributed by atoms with van der Waals surface area (Å²) in [5.41, 5.74) is -0.662. The summed E-state index contributed by atoms with van der Waals surface area (Å²) in [6.07, 6.45) is 3.23. The third-order valence-corrected chi connectivity index (χ3v) is 10.4. The molecule has 0 saturated carbocycles. The summed E-state index contributed by atoms with van der Waals surface area (Å²) < 4.78 is 58.5. The molecule has 6 heterocycles. The van der Waals surface area contributed by atoms with Crippen LogP contribution in [0.4, 0.5) is 19.0 Å². The lowest BCUT2D eigenvalue weighted by atomic mass is 9.95. The zero-order valence-corrected chi connectivity index (χ0v) is 26.1. The number of nitrogens with zero attached hydrogens (tertiary/aromatic N) is 5. The minimum absolute atomic E-state index is 0.0275. The minimum atomic E-state index is -0.929. The van der Waals surface area contributed by atoms with Crippen LogP contribution in [0.25, 0.3) is 32.9 Å². The molecule has 0 amide bonds. The summed E-state index contributed by atoms with van der Waals surface area (Å²) in [6, 6.07) is 5.85. The maximum atomic E-state index is 17.0. The number of pyridine rings is 1. The Hall–Kier alpha value is -3.61. The van der Waals surface area contributed by atoms with Gasteiger partial charge in [-0.25, -0.2) is 18.2 Å². The fourth-order valence-electron chi connectivity index (χ4n) is 8.00. The summed E-state index contributed by atoms with van der Waals surface area (Å²) >= 11 is 6.42. The number of anilines is 1. The van der Waals surface area contributed by atoms with Gasteiger partial charge in [-0.3, -0.25) is 4.90 Å². The lowest BCUT2D eigenvalue weighted by molar-refractivity contribution is 0.107. The average Bonchev–Trinajstić information content (AvgIpc) is 3.68. The van der Waals surface area contributed by atoms with Gasteiger partial charge in [-0.2, -0.15) is 9.97 Å². The number of rotatable bonds is 7. The summed E-state index contributed by atoms with van der Waals surface area (Å²) in [6.45, 7) is 4.65. The number of phenolic OH excluding ortho intramolecular Hbond substituents is 1. The number of fused-ring (bicyclic) bond motifs is 5. The van der Waals surface area contributed by atoms with E-state index < -0.39 is 23.3 Å². The molecule has 2 aromatic heterocycles. The molecule has 0 spiro atoms. The van der Waals surface area contributed by atoms with E-state index in [-0.39, 0.29) is 70.1 Å². The zero-order valence-electron chi connectivity index (χ0n) is 25.3. The van der Waals surface area contributed by atoms with Crippen LogP contribution >= 0.6 is 11.6 Å². The Morgan fingerprint density at radius 3 is 2.65 bits per heavy atom. The Labute approximate surface area is 268 Å². The third-order valence-electron chi connectivity index (χ3n) is 9.99. The van der Waals surface area contributed by atoms with Gasteiger partial charge in [-0.05, 0) is 62.7 Å². The predicted molar refractivity (Wildman–Crippen MR) is 169 cm³/mol. The Bertz CT molecular complexity index is 1850. The van der Waals surface area contributed by atoms with E-state index in [9.17, 15) is 13.9 Å². The summed E-state index contributed by atoms with van der Waals surface area (Å²) in [4.78, 5) is 18.3. The largest absolute Gasteiger partial charge is 0.508 e. The molecule has 2 N–H and O–H groups in total. The first-order valence-corrected chi connectivity index (χ1v) is 16.3. The third kappa shape index (κ3) is 4.87. The lowest BCUT2D eigenvalue weighted by Crippen LogP contribution is -2.51. The molecule has 0 radical (unpaired) electrons. The number of phenols is 1. The molecule has 13 heteroatoms. The smallest absolute Gasteiger partial charge is 0.319 e. The number of piperazine rings is 1. The van der Waals surface area contributed by atoms with Crippen molar-refractivity contribution >= 4 is 39.1 Å². The minimum Gasteiger partial charge on any atom is -0.508 e. The Morgan fingerprint density at radius 1 is 1.07 bits per heavy atom. The number of halogens is 4. The molecule has 4 aliphatic heterocycles. The summed E-state index contributed by atoms with van der Waals surface area (Å²) in [7, 11) is 0. The highest BCUT2D eigenvalue weighted by molar-refractivity contribution is 6.37. The number of ether oxygens (including phenoxy) is 2. The number of aromatic nitrogens is 3. The molecule has 2 aromatic carbocycles. The molecule has 4 fully saturated rings. The first kappa shape index (κ1) is 29.8. The first-order valence-electron chi connectivity index (χ1n) is 15.9. The van der Waals surface area contributed by atoms with Gasteiger partial charge < -0.3 is 24.8 Å². The molecule has 0 aliphatic carbocycles. The second kappa shape index (κ2) is 11.3. The van der Waals surface area contributed by atoms with Crippen LogP contribution in [0.3, 0.4) is 0 Å². The highest BCUT2D eigenvalue weighted by atomic mass is 35.5. The van der Waals surface area contributed by atoms with Gasteiger partial charge >= 0.3 is 6.01 Å². The molecule has 46 heavy (non-hydrogen) atoms. The van der Waals surface area contributed by atoms with Gasteiger partial charge in [0.25, 0.3) is 0 Å². The quantitative estimate of drug-likeness (QED) is 0.257. The van der Waals surface area contributed by atoms with E-state index in [0.717, 1.165) is 32.2 Å². The van der Waals surface area contributed by atoms with E-state index >= 15 is 4.39 Å². The normalized spacial score (nSPS) is 25.9. The monoisotopic (exact) mass is 654 g/mol. The van der Waals surface area contributed by atoms with Gasteiger partial charge in [0.15, 0.2) is 5.82 Å². The SMILES string of the molecule is CCOc1nc(-c2cc(O)cc3ccc(F)c(Cl)c23)c(F)c2nc(OC[C@@]34CCCN3C[C@H](F)C4)nc(N3C[C@H]4CC[C@@H](C3)N4)c12. The van der Waals surface area contributed by atoms with Crippen molar-refractivity contribution in [2.24, 2.45) is 0 Å². The van der Waals surface area contributed by atoms with E-state index in [1.54, 1.807) is 6.92 Å². The number of nitrogens with one attached hydrogen (secondary N) is 1. The number of hydrogen-bond acceptors (Lipinski definition) is 9. The molecule has 242 valence electrons. The van der Waals surface area contributed by atoms with E-state index in [2.05, 4.69) is 25.1 Å². The second-order valence-electron chi connectivity index (χ2n) is 12.9. The van der Waals surface area contributed by atoms with Crippen LogP contribution in [0.1, 0.15) is 39.0 Å². The van der Waals surface area contributed by atoms with Gasteiger partial charge in [0.1, 0.15) is 46.8 Å². The van der Waals surface area contributed by atoms with Crippen molar-refractivity contribution in [3.05, 3.63) is 40.9 Å². The van der Waals surface area contributed by atoms with E-state index in [0.29, 0.717) is 42.6 Å². The zero-order chi connectivity index (χ0) is 31.7. The molecule has 4 aliphatic rings. The maximum Gasteiger partial charge on any atom is 0.319 e. The number of alkyl halides is 1. The molecule has 4 atom stereocenters. The Morgan fingerprint density at radius 2 is 1.87 bits per heavy atom. The topological polar surface area (TPSA) is 95.9 Å². The Kier molecular flexibility index (Phi) is 7.30. The number of aromatic hydroxyl groups is 1. The second-order valence-corrected chi connectivity index (χ2v) is 13.3. The van der Waals surface area contributed by atoms with Crippen molar-refractivity contribution < 1.29 is 27.8 Å². The van der Waals surface area contributed by atoms with E-state index in [1.807, 2.05) is 0 Å². The van der Waals surface area contributed by atoms with E-state index in [1.165, 1.54) is 24.3 Å². The molecule has 0 unspecified atom stereocenters. The van der Waals surface area contributed by atoms with Gasteiger partial charge in [0, 0.05) is 49.1 Å². The van der Waals surface area contributed by atoms with Crippen LogP contribution in [0.15, 0.2) is 24.3 Å². The first-order chi connectivity index (χ1) is 22.2. The molecule has 9 nitrogen and oxygen atoms in total. The van der Waals surface area contributed by atoms with Crippen molar-refractivity contribution in [1.29, 1.82) is 0 Å². The standard InChI is InChI=1S/C33H34ClF3N6O3/c1-2-45-31-25-29(27(37)28(39-31)22-11-21(44)10-17-4-7-23(36)26(34)24(17)22)40-32(41-30(25)42-14-19-5-6-20(15-42)38-19)46-16-33-8-3-9-43(33)13-18(35)12-33/h4,7,10-11,18-20,38,44H,2-3,5-6,8-9,12-16H2,1H3/t18-,19-,20+,33+/m1/s1. The van der Waals surface area contributed by atoms with Gasteiger partial charge in [-0.15, -0.1) is 0 Å². The number of benzene rings is 2. The molecule has 8 rings (SSSR count). The highest BCUT2D eigenvalue weighted by Gasteiger charge is 2.49. The van der Waals surface area contributed by atoms with Crippen molar-refractivity contribution in [3.8, 4) is 28.9 Å². The van der Waals surface area contributed by atoms with Crippen molar-refractivity contribution in [3.63, 3.8) is 0 Å².